The molecule has 0 spiro atoms. The Hall–Kier alpha value is -1.51. The van der Waals surface area contributed by atoms with E-state index in [0.29, 0.717) is 0 Å². The standard InChI is InChI=1S/C17H13BrClN/c18-16-9-8-14(19)10-17(16)20-11-13-6-3-5-12-4-1-2-7-15(12)13/h1-10,20H,11H2. The predicted octanol–water partition coefficient (Wildman–Crippen LogP) is 5.87. The smallest absolute Gasteiger partial charge is 0.0502 e. The van der Waals surface area contributed by atoms with Gasteiger partial charge in [0.05, 0.1) is 5.69 Å². The monoisotopic (exact) mass is 345 g/mol. The molecule has 0 radical (unpaired) electrons. The van der Waals surface area contributed by atoms with Crippen LogP contribution < -0.4 is 5.32 Å². The van der Waals surface area contributed by atoms with Crippen LogP contribution in [0.5, 0.6) is 0 Å². The number of benzene rings is 3. The molecule has 3 rings (SSSR count). The number of hydrogen-bond donors (Lipinski definition) is 1. The molecular weight excluding hydrogens is 334 g/mol. The summed E-state index contributed by atoms with van der Waals surface area (Å²) in [6, 6.07) is 20.5. The molecule has 1 N–H and O–H groups in total. The van der Waals surface area contributed by atoms with Crippen LogP contribution in [0.4, 0.5) is 5.69 Å². The second kappa shape index (κ2) is 5.86. The lowest BCUT2D eigenvalue weighted by Gasteiger charge is -2.11. The van der Waals surface area contributed by atoms with E-state index in [9.17, 15) is 0 Å². The van der Waals surface area contributed by atoms with E-state index in [1.165, 1.54) is 16.3 Å². The van der Waals surface area contributed by atoms with Gasteiger partial charge in [0, 0.05) is 16.0 Å². The minimum Gasteiger partial charge on any atom is -0.380 e. The molecule has 0 fully saturated rings. The van der Waals surface area contributed by atoms with Crippen molar-refractivity contribution in [3.8, 4) is 0 Å². The van der Waals surface area contributed by atoms with Crippen LogP contribution in [0.3, 0.4) is 0 Å². The van der Waals surface area contributed by atoms with Crippen molar-refractivity contribution < 1.29 is 0 Å². The highest BCUT2D eigenvalue weighted by Crippen LogP contribution is 2.27. The van der Waals surface area contributed by atoms with Gasteiger partial charge in [0.25, 0.3) is 0 Å². The lowest BCUT2D eigenvalue weighted by molar-refractivity contribution is 1.16. The number of halogens is 2. The Morgan fingerprint density at radius 2 is 1.75 bits per heavy atom. The molecule has 20 heavy (non-hydrogen) atoms. The van der Waals surface area contributed by atoms with Gasteiger partial charge in [0.1, 0.15) is 0 Å². The first-order valence-corrected chi connectivity index (χ1v) is 7.57. The summed E-state index contributed by atoms with van der Waals surface area (Å²) in [4.78, 5) is 0. The van der Waals surface area contributed by atoms with Crippen LogP contribution >= 0.6 is 27.5 Å². The molecule has 0 saturated carbocycles. The van der Waals surface area contributed by atoms with Crippen molar-refractivity contribution in [2.24, 2.45) is 0 Å². The SMILES string of the molecule is Clc1ccc(Br)c(NCc2cccc3ccccc23)c1. The number of anilines is 1. The van der Waals surface area contributed by atoms with Crippen molar-refractivity contribution in [3.63, 3.8) is 0 Å². The van der Waals surface area contributed by atoms with E-state index in [4.69, 9.17) is 11.6 Å². The van der Waals surface area contributed by atoms with Gasteiger partial charge >= 0.3 is 0 Å². The van der Waals surface area contributed by atoms with Gasteiger partial charge in [-0.25, -0.2) is 0 Å². The van der Waals surface area contributed by atoms with Crippen molar-refractivity contribution in [2.45, 2.75) is 6.54 Å². The van der Waals surface area contributed by atoms with Gasteiger partial charge in [0.15, 0.2) is 0 Å². The summed E-state index contributed by atoms with van der Waals surface area (Å²) in [5.74, 6) is 0. The molecule has 0 aliphatic heterocycles. The van der Waals surface area contributed by atoms with Crippen molar-refractivity contribution >= 4 is 44.0 Å². The summed E-state index contributed by atoms with van der Waals surface area (Å²) in [5.41, 5.74) is 2.28. The molecular formula is C17H13BrClN. The van der Waals surface area contributed by atoms with Gasteiger partial charge in [-0.05, 0) is 50.5 Å². The topological polar surface area (TPSA) is 12.0 Å². The molecule has 0 heterocycles. The van der Waals surface area contributed by atoms with Gasteiger partial charge in [-0.3, -0.25) is 0 Å². The minimum absolute atomic E-state index is 0.730. The first-order chi connectivity index (χ1) is 9.74. The minimum atomic E-state index is 0.730. The first-order valence-electron chi connectivity index (χ1n) is 6.39. The highest BCUT2D eigenvalue weighted by atomic mass is 79.9. The third-order valence-electron chi connectivity index (χ3n) is 3.28. The molecule has 1 nitrogen and oxygen atoms in total. The summed E-state index contributed by atoms with van der Waals surface area (Å²) in [5, 5.41) is 6.70. The van der Waals surface area contributed by atoms with Crippen LogP contribution in [0.1, 0.15) is 5.56 Å². The summed E-state index contributed by atoms with van der Waals surface area (Å²) in [6.45, 7) is 0.764. The summed E-state index contributed by atoms with van der Waals surface area (Å²) in [7, 11) is 0. The number of nitrogens with one attached hydrogen (secondary N) is 1. The summed E-state index contributed by atoms with van der Waals surface area (Å²) < 4.78 is 1.02. The van der Waals surface area contributed by atoms with Crippen LogP contribution in [0.25, 0.3) is 10.8 Å². The van der Waals surface area contributed by atoms with Crippen LogP contribution in [0, 0.1) is 0 Å². The van der Waals surface area contributed by atoms with Gasteiger partial charge < -0.3 is 5.32 Å². The van der Waals surface area contributed by atoms with Crippen LogP contribution in [-0.4, -0.2) is 0 Å². The van der Waals surface area contributed by atoms with E-state index in [1.807, 2.05) is 18.2 Å². The third kappa shape index (κ3) is 2.82. The second-order valence-corrected chi connectivity index (χ2v) is 5.91. The largest absolute Gasteiger partial charge is 0.380 e. The fourth-order valence-corrected chi connectivity index (χ4v) is 2.83. The Labute approximate surface area is 131 Å². The molecule has 0 saturated heterocycles. The number of fused-ring (bicyclic) bond motifs is 1. The summed E-state index contributed by atoms with van der Waals surface area (Å²) >= 11 is 9.57. The van der Waals surface area contributed by atoms with E-state index >= 15 is 0 Å². The molecule has 0 aromatic heterocycles. The molecule has 3 aromatic carbocycles. The average molecular weight is 347 g/mol. The van der Waals surface area contributed by atoms with Crippen LogP contribution in [0.15, 0.2) is 65.1 Å². The molecule has 0 atom stereocenters. The number of hydrogen-bond acceptors (Lipinski definition) is 1. The second-order valence-electron chi connectivity index (χ2n) is 4.62. The maximum absolute atomic E-state index is 6.03. The molecule has 0 aliphatic rings. The molecule has 0 amide bonds. The van der Waals surface area contributed by atoms with E-state index < -0.39 is 0 Å². The molecule has 0 aliphatic carbocycles. The highest BCUT2D eigenvalue weighted by molar-refractivity contribution is 9.10. The van der Waals surface area contributed by atoms with E-state index in [-0.39, 0.29) is 0 Å². The fourth-order valence-electron chi connectivity index (χ4n) is 2.27. The predicted molar refractivity (Wildman–Crippen MR) is 90.4 cm³/mol. The average Bonchev–Trinajstić information content (AvgIpc) is 2.48. The fraction of sp³-hybridized carbons (Fsp3) is 0.0588. The van der Waals surface area contributed by atoms with Crippen molar-refractivity contribution in [1.82, 2.24) is 0 Å². The lowest BCUT2D eigenvalue weighted by atomic mass is 10.0. The van der Waals surface area contributed by atoms with Crippen molar-refractivity contribution in [1.29, 1.82) is 0 Å². The zero-order valence-corrected chi connectivity index (χ0v) is 13.1. The zero-order chi connectivity index (χ0) is 13.9. The normalized spacial score (nSPS) is 10.7. The van der Waals surface area contributed by atoms with Gasteiger partial charge in [0.2, 0.25) is 0 Å². The Morgan fingerprint density at radius 1 is 0.950 bits per heavy atom. The van der Waals surface area contributed by atoms with E-state index in [1.54, 1.807) is 0 Å². The summed E-state index contributed by atoms with van der Waals surface area (Å²) in [6.07, 6.45) is 0. The van der Waals surface area contributed by atoms with E-state index in [0.717, 1.165) is 21.7 Å². The zero-order valence-electron chi connectivity index (χ0n) is 10.7. The molecule has 100 valence electrons. The first kappa shape index (κ1) is 13.5. The van der Waals surface area contributed by atoms with Crippen LogP contribution in [0.2, 0.25) is 5.02 Å². The quantitative estimate of drug-likeness (QED) is 0.625. The van der Waals surface area contributed by atoms with Crippen molar-refractivity contribution in [2.75, 3.05) is 5.32 Å². The van der Waals surface area contributed by atoms with Gasteiger partial charge in [-0.2, -0.15) is 0 Å². The molecule has 0 bridgehead atoms. The Morgan fingerprint density at radius 3 is 2.65 bits per heavy atom. The maximum Gasteiger partial charge on any atom is 0.0502 e. The Kier molecular flexibility index (Phi) is 3.95. The molecule has 3 heteroatoms. The molecule has 0 unspecified atom stereocenters. The lowest BCUT2D eigenvalue weighted by Crippen LogP contribution is -2.00. The Balaban J connectivity index is 1.89. The molecule has 3 aromatic rings. The number of rotatable bonds is 3. The van der Waals surface area contributed by atoms with Gasteiger partial charge in [-0.1, -0.05) is 54.1 Å². The van der Waals surface area contributed by atoms with Crippen LogP contribution in [-0.2, 0) is 6.54 Å². The third-order valence-corrected chi connectivity index (χ3v) is 4.20. The van der Waals surface area contributed by atoms with Gasteiger partial charge in [-0.15, -0.1) is 0 Å². The Bertz CT molecular complexity index is 750. The van der Waals surface area contributed by atoms with Crippen molar-refractivity contribution in [3.05, 3.63) is 75.7 Å². The maximum atomic E-state index is 6.03. The van der Waals surface area contributed by atoms with E-state index in [2.05, 4.69) is 63.7 Å². The highest BCUT2D eigenvalue weighted by Gasteiger charge is 2.03.